The summed E-state index contributed by atoms with van der Waals surface area (Å²) >= 11 is 0. The van der Waals surface area contributed by atoms with Crippen molar-refractivity contribution in [3.63, 3.8) is 0 Å². The molecular weight excluding hydrogens is 200 g/mol. The predicted octanol–water partition coefficient (Wildman–Crippen LogP) is 1.65. The highest BCUT2D eigenvalue weighted by molar-refractivity contribution is 5.12. The van der Waals surface area contributed by atoms with Crippen molar-refractivity contribution in [2.24, 2.45) is 5.92 Å². The van der Waals surface area contributed by atoms with Crippen molar-refractivity contribution in [2.45, 2.75) is 39.8 Å². The second kappa shape index (κ2) is 5.85. The van der Waals surface area contributed by atoms with Crippen LogP contribution in [-0.4, -0.2) is 17.7 Å². The smallest absolute Gasteiger partial charge is 0.250 e. The number of rotatable bonds is 5. The zero-order valence-corrected chi connectivity index (χ0v) is 10.7. The molecule has 1 N–H and O–H groups in total. The van der Waals surface area contributed by atoms with Gasteiger partial charge in [0.05, 0.1) is 0 Å². The highest BCUT2D eigenvalue weighted by Crippen LogP contribution is 2.02. The molecule has 1 aromatic heterocycles. The van der Waals surface area contributed by atoms with Crippen LogP contribution in [0.4, 0.5) is 0 Å². The van der Waals surface area contributed by atoms with Gasteiger partial charge in [0, 0.05) is 24.8 Å². The van der Waals surface area contributed by atoms with Crippen molar-refractivity contribution < 1.29 is 0 Å². The molecule has 0 amide bonds. The van der Waals surface area contributed by atoms with E-state index in [1.807, 2.05) is 19.3 Å². The summed E-state index contributed by atoms with van der Waals surface area (Å²) in [5.74, 6) is 0.500. The largest absolute Gasteiger partial charge is 0.317 e. The molecule has 0 saturated carbocycles. The Labute approximate surface area is 97.5 Å². The lowest BCUT2D eigenvalue weighted by Gasteiger charge is -2.12. The molecule has 0 aliphatic rings. The molecule has 0 fully saturated rings. The van der Waals surface area contributed by atoms with Crippen LogP contribution in [-0.2, 0) is 13.0 Å². The molecule has 0 bridgehead atoms. The normalized spacial score (nSPS) is 13.1. The molecule has 0 saturated heterocycles. The van der Waals surface area contributed by atoms with Crippen molar-refractivity contribution in [3.05, 3.63) is 34.2 Å². The van der Waals surface area contributed by atoms with E-state index in [-0.39, 0.29) is 5.56 Å². The number of nitrogens with zero attached hydrogens (tertiary/aromatic N) is 1. The Morgan fingerprint density at radius 3 is 2.56 bits per heavy atom. The van der Waals surface area contributed by atoms with Crippen LogP contribution in [0.2, 0.25) is 0 Å². The summed E-state index contributed by atoms with van der Waals surface area (Å²) in [6.45, 7) is 7.13. The van der Waals surface area contributed by atoms with E-state index in [0.717, 1.165) is 18.5 Å². The van der Waals surface area contributed by atoms with Gasteiger partial charge in [-0.15, -0.1) is 0 Å². The zero-order valence-electron chi connectivity index (χ0n) is 10.7. The Bertz CT molecular complexity index is 382. The second-order valence-electron chi connectivity index (χ2n) is 4.81. The summed E-state index contributed by atoms with van der Waals surface area (Å²) in [5.41, 5.74) is 1.21. The van der Waals surface area contributed by atoms with Gasteiger partial charge in [-0.3, -0.25) is 4.79 Å². The molecule has 0 radical (unpaired) electrons. The highest BCUT2D eigenvalue weighted by Gasteiger charge is 2.04. The number of nitrogens with one attached hydrogen (secondary N) is 1. The molecule has 0 aliphatic carbocycles. The maximum absolute atomic E-state index is 11.8. The van der Waals surface area contributed by atoms with Crippen LogP contribution in [0.1, 0.15) is 26.3 Å². The Hall–Kier alpha value is -1.09. The summed E-state index contributed by atoms with van der Waals surface area (Å²) in [7, 11) is 1.94. The lowest BCUT2D eigenvalue weighted by atomic mass is 10.1. The fourth-order valence-electron chi connectivity index (χ4n) is 1.68. The summed E-state index contributed by atoms with van der Waals surface area (Å²) in [6, 6.07) is 4.19. The summed E-state index contributed by atoms with van der Waals surface area (Å²) in [5, 5.41) is 3.17. The minimum absolute atomic E-state index is 0.106. The van der Waals surface area contributed by atoms with Crippen LogP contribution in [0.5, 0.6) is 0 Å². The maximum Gasteiger partial charge on any atom is 0.250 e. The fraction of sp³-hybridized carbons (Fsp3) is 0.615. The molecule has 3 heteroatoms. The van der Waals surface area contributed by atoms with Gasteiger partial charge in [0.25, 0.3) is 5.56 Å². The summed E-state index contributed by atoms with van der Waals surface area (Å²) in [6.07, 6.45) is 2.80. The average molecular weight is 222 g/mol. The molecular formula is C13H22N2O. The lowest BCUT2D eigenvalue weighted by Crippen LogP contribution is -2.26. The van der Waals surface area contributed by atoms with Gasteiger partial charge in [-0.2, -0.15) is 0 Å². The fourth-order valence-corrected chi connectivity index (χ4v) is 1.68. The van der Waals surface area contributed by atoms with Gasteiger partial charge in [0.1, 0.15) is 0 Å². The summed E-state index contributed by atoms with van der Waals surface area (Å²) < 4.78 is 1.78. The van der Waals surface area contributed by atoms with E-state index in [4.69, 9.17) is 0 Å². The van der Waals surface area contributed by atoms with Gasteiger partial charge >= 0.3 is 0 Å². The number of hydrogen-bond donors (Lipinski definition) is 1. The SMILES string of the molecule is CNC(C)Cc1ccn(CC(C)C)c(=O)c1. The molecule has 16 heavy (non-hydrogen) atoms. The molecule has 1 unspecified atom stereocenters. The van der Waals surface area contributed by atoms with Crippen LogP contribution in [0.3, 0.4) is 0 Å². The molecule has 1 aromatic rings. The molecule has 0 aromatic carbocycles. The second-order valence-corrected chi connectivity index (χ2v) is 4.81. The van der Waals surface area contributed by atoms with Crippen LogP contribution in [0, 0.1) is 5.92 Å². The van der Waals surface area contributed by atoms with E-state index in [1.54, 1.807) is 10.6 Å². The lowest BCUT2D eigenvalue weighted by molar-refractivity contribution is 0.509. The standard InChI is InChI=1S/C13H22N2O/c1-10(2)9-15-6-5-12(8-13(15)16)7-11(3)14-4/h5-6,8,10-11,14H,7,9H2,1-4H3. The van der Waals surface area contributed by atoms with Gasteiger partial charge in [-0.25, -0.2) is 0 Å². The molecule has 1 atom stereocenters. The Kier molecular flexibility index (Phi) is 4.74. The Balaban J connectivity index is 2.79. The van der Waals surface area contributed by atoms with Crippen molar-refractivity contribution in [2.75, 3.05) is 7.05 Å². The monoisotopic (exact) mass is 222 g/mol. The number of likely N-dealkylation sites (N-methyl/N-ethyl adjacent to an activating group) is 1. The van der Waals surface area contributed by atoms with E-state index < -0.39 is 0 Å². The molecule has 1 rings (SSSR count). The van der Waals surface area contributed by atoms with Gasteiger partial charge in [0.2, 0.25) is 0 Å². The molecule has 3 nitrogen and oxygen atoms in total. The number of pyridine rings is 1. The minimum Gasteiger partial charge on any atom is -0.317 e. The van der Waals surface area contributed by atoms with Gasteiger partial charge < -0.3 is 9.88 Å². The van der Waals surface area contributed by atoms with Crippen LogP contribution in [0.25, 0.3) is 0 Å². The van der Waals surface area contributed by atoms with Gasteiger partial charge in [-0.05, 0) is 37.9 Å². The van der Waals surface area contributed by atoms with Crippen molar-refractivity contribution in [1.82, 2.24) is 9.88 Å². The number of aromatic nitrogens is 1. The van der Waals surface area contributed by atoms with E-state index in [2.05, 4.69) is 26.1 Å². The van der Waals surface area contributed by atoms with Gasteiger partial charge in [-0.1, -0.05) is 13.8 Å². The first-order chi connectivity index (χ1) is 7.52. The van der Waals surface area contributed by atoms with E-state index in [0.29, 0.717) is 12.0 Å². The first-order valence-electron chi connectivity index (χ1n) is 5.89. The third kappa shape index (κ3) is 3.81. The Morgan fingerprint density at radius 2 is 2.06 bits per heavy atom. The molecule has 0 spiro atoms. The van der Waals surface area contributed by atoms with Crippen molar-refractivity contribution in [3.8, 4) is 0 Å². The average Bonchev–Trinajstić information content (AvgIpc) is 2.21. The van der Waals surface area contributed by atoms with E-state index in [9.17, 15) is 4.79 Å². The van der Waals surface area contributed by atoms with E-state index in [1.165, 1.54) is 0 Å². The van der Waals surface area contributed by atoms with Crippen molar-refractivity contribution in [1.29, 1.82) is 0 Å². The first-order valence-corrected chi connectivity index (χ1v) is 5.89. The predicted molar refractivity (Wildman–Crippen MR) is 67.8 cm³/mol. The molecule has 0 aliphatic heterocycles. The van der Waals surface area contributed by atoms with Gasteiger partial charge in [0.15, 0.2) is 0 Å². The minimum atomic E-state index is 0.106. The summed E-state index contributed by atoms with van der Waals surface area (Å²) in [4.78, 5) is 11.8. The highest BCUT2D eigenvalue weighted by atomic mass is 16.1. The first kappa shape index (κ1) is 13.0. The van der Waals surface area contributed by atoms with Crippen LogP contribution in [0.15, 0.2) is 23.1 Å². The maximum atomic E-state index is 11.8. The Morgan fingerprint density at radius 1 is 1.38 bits per heavy atom. The zero-order chi connectivity index (χ0) is 12.1. The molecule has 1 heterocycles. The van der Waals surface area contributed by atoms with Crippen molar-refractivity contribution >= 4 is 0 Å². The molecule has 90 valence electrons. The van der Waals surface area contributed by atoms with Crippen LogP contribution >= 0.6 is 0 Å². The van der Waals surface area contributed by atoms with E-state index >= 15 is 0 Å². The third-order valence-corrected chi connectivity index (χ3v) is 2.66. The number of hydrogen-bond acceptors (Lipinski definition) is 2. The topological polar surface area (TPSA) is 34.0 Å². The van der Waals surface area contributed by atoms with Crippen LogP contribution < -0.4 is 10.9 Å². The quantitative estimate of drug-likeness (QED) is 0.822. The third-order valence-electron chi connectivity index (χ3n) is 2.66.